The number of amides is 1. The van der Waals surface area contributed by atoms with E-state index in [0.29, 0.717) is 18.8 Å². The molecule has 1 saturated heterocycles. The van der Waals surface area contributed by atoms with Gasteiger partial charge in [0.25, 0.3) is 0 Å². The van der Waals surface area contributed by atoms with Gasteiger partial charge in [-0.15, -0.1) is 0 Å². The maximum Gasteiger partial charge on any atom is 0.241 e. The molecule has 9 nitrogen and oxygen atoms in total. The zero-order chi connectivity index (χ0) is 24.8. The van der Waals surface area contributed by atoms with Gasteiger partial charge < -0.3 is 24.4 Å². The summed E-state index contributed by atoms with van der Waals surface area (Å²) in [6.07, 6.45) is 2.13. The molecule has 0 spiro atoms. The molecule has 4 rings (SSSR count). The Hall–Kier alpha value is -2.92. The molecule has 35 heavy (non-hydrogen) atoms. The molecule has 0 unspecified atom stereocenters. The normalized spacial score (nSPS) is 22.7. The fourth-order valence-corrected chi connectivity index (χ4v) is 5.49. The second kappa shape index (κ2) is 11.2. The predicted octanol–water partition coefficient (Wildman–Crippen LogP) is 1.40. The van der Waals surface area contributed by atoms with Crippen molar-refractivity contribution in [2.24, 2.45) is 0 Å². The van der Waals surface area contributed by atoms with Crippen LogP contribution in [0.1, 0.15) is 6.42 Å². The van der Waals surface area contributed by atoms with Gasteiger partial charge in [-0.25, -0.2) is 13.1 Å². The smallest absolute Gasteiger partial charge is 0.241 e. The number of aliphatic hydroxyl groups excluding tert-OH is 1. The van der Waals surface area contributed by atoms with Crippen molar-refractivity contribution < 1.29 is 27.8 Å². The Kier molecular flexibility index (Phi) is 8.07. The van der Waals surface area contributed by atoms with Crippen molar-refractivity contribution in [3.63, 3.8) is 0 Å². The SMILES string of the molecule is COc1ccc(S(=O)(=O)N[C@@H]2C=C[C@@H](CC(=O)N3CCN(c4ccccc4)CC3)O[C@@H]2CO)cc1. The Balaban J connectivity index is 1.32. The second-order valence-corrected chi connectivity index (χ2v) is 10.2. The summed E-state index contributed by atoms with van der Waals surface area (Å²) >= 11 is 0. The highest BCUT2D eigenvalue weighted by Crippen LogP contribution is 2.21. The maximum absolute atomic E-state index is 12.9. The molecule has 0 bridgehead atoms. The van der Waals surface area contributed by atoms with Crippen molar-refractivity contribution in [3.05, 3.63) is 66.7 Å². The molecular formula is C25H31N3O6S. The molecular weight excluding hydrogens is 470 g/mol. The van der Waals surface area contributed by atoms with E-state index in [9.17, 15) is 18.3 Å². The first-order valence-electron chi connectivity index (χ1n) is 11.6. The third-order valence-electron chi connectivity index (χ3n) is 6.25. The molecule has 1 amide bonds. The number of carbonyl (C=O) groups is 1. The highest BCUT2D eigenvalue weighted by atomic mass is 32.2. The van der Waals surface area contributed by atoms with Crippen LogP contribution < -0.4 is 14.4 Å². The molecule has 2 aromatic rings. The summed E-state index contributed by atoms with van der Waals surface area (Å²) in [6.45, 7) is 2.37. The first kappa shape index (κ1) is 25.2. The van der Waals surface area contributed by atoms with Crippen molar-refractivity contribution in [2.45, 2.75) is 29.6 Å². The monoisotopic (exact) mass is 501 g/mol. The number of ether oxygens (including phenoxy) is 2. The summed E-state index contributed by atoms with van der Waals surface area (Å²) in [4.78, 5) is 17.0. The first-order valence-corrected chi connectivity index (χ1v) is 13.1. The van der Waals surface area contributed by atoms with Crippen LogP contribution in [0.2, 0.25) is 0 Å². The van der Waals surface area contributed by atoms with Gasteiger partial charge >= 0.3 is 0 Å². The number of methoxy groups -OCH3 is 1. The van der Waals surface area contributed by atoms with Gasteiger partial charge in [0.05, 0.1) is 37.2 Å². The van der Waals surface area contributed by atoms with E-state index in [1.54, 1.807) is 24.3 Å². The Bertz CT molecular complexity index is 1120. The molecule has 0 saturated carbocycles. The minimum atomic E-state index is -3.84. The number of benzene rings is 2. The molecule has 2 N–H and O–H groups in total. The van der Waals surface area contributed by atoms with E-state index in [1.165, 1.54) is 19.2 Å². The number of rotatable bonds is 8. The molecule has 3 atom stereocenters. The summed E-state index contributed by atoms with van der Waals surface area (Å²) in [6, 6.07) is 15.4. The zero-order valence-electron chi connectivity index (χ0n) is 19.6. The average Bonchev–Trinajstić information content (AvgIpc) is 2.90. The number of sulfonamides is 1. The minimum absolute atomic E-state index is 0.0266. The maximum atomic E-state index is 12.9. The summed E-state index contributed by atoms with van der Waals surface area (Å²) in [5.74, 6) is 0.522. The largest absolute Gasteiger partial charge is 0.497 e. The number of nitrogens with one attached hydrogen (secondary N) is 1. The Labute approximate surface area is 206 Å². The Morgan fingerprint density at radius 1 is 1.06 bits per heavy atom. The number of carbonyl (C=O) groups excluding carboxylic acids is 1. The molecule has 2 aliphatic rings. The standard InChI is InChI=1S/C25H31N3O6S/c1-33-20-7-10-22(11-8-20)35(31,32)26-23-12-9-21(34-24(23)18-29)17-25(30)28-15-13-27(14-16-28)19-5-3-2-4-6-19/h2-12,21,23-24,26,29H,13-18H2,1H3/t21-,23+,24+/m0/s1. The molecule has 0 aromatic heterocycles. The van der Waals surface area contributed by atoms with Crippen LogP contribution in [0.4, 0.5) is 5.69 Å². The van der Waals surface area contributed by atoms with Crippen LogP contribution in [0.3, 0.4) is 0 Å². The number of nitrogens with zero attached hydrogens (tertiary/aromatic N) is 2. The minimum Gasteiger partial charge on any atom is -0.497 e. The third-order valence-corrected chi connectivity index (χ3v) is 7.73. The van der Waals surface area contributed by atoms with Crippen molar-refractivity contribution in [1.29, 1.82) is 0 Å². The van der Waals surface area contributed by atoms with Crippen LogP contribution in [0.15, 0.2) is 71.6 Å². The van der Waals surface area contributed by atoms with Crippen molar-refractivity contribution in [1.82, 2.24) is 9.62 Å². The van der Waals surface area contributed by atoms with Crippen LogP contribution in [0.25, 0.3) is 0 Å². The molecule has 10 heteroatoms. The Morgan fingerprint density at radius 2 is 1.74 bits per heavy atom. The third kappa shape index (κ3) is 6.21. The number of aliphatic hydroxyl groups is 1. The summed E-state index contributed by atoms with van der Waals surface area (Å²) in [5.41, 5.74) is 1.15. The number of anilines is 1. The van der Waals surface area contributed by atoms with Gasteiger partial charge in [0, 0.05) is 31.9 Å². The highest BCUT2D eigenvalue weighted by molar-refractivity contribution is 7.89. The lowest BCUT2D eigenvalue weighted by molar-refractivity contribution is -0.135. The van der Waals surface area contributed by atoms with Crippen LogP contribution in [0.5, 0.6) is 5.75 Å². The zero-order valence-corrected chi connectivity index (χ0v) is 20.4. The van der Waals surface area contributed by atoms with Crippen LogP contribution in [-0.4, -0.2) is 82.5 Å². The molecule has 1 fully saturated rings. The van der Waals surface area contributed by atoms with E-state index in [4.69, 9.17) is 9.47 Å². The van der Waals surface area contributed by atoms with E-state index < -0.39 is 28.3 Å². The van der Waals surface area contributed by atoms with Gasteiger partial charge in [0.15, 0.2) is 0 Å². The second-order valence-electron chi connectivity index (χ2n) is 8.51. The predicted molar refractivity (Wildman–Crippen MR) is 132 cm³/mol. The van der Waals surface area contributed by atoms with Gasteiger partial charge in [-0.05, 0) is 36.4 Å². The fourth-order valence-electron chi connectivity index (χ4n) is 4.27. The van der Waals surface area contributed by atoms with Crippen LogP contribution in [0, 0.1) is 0 Å². The first-order chi connectivity index (χ1) is 16.9. The lowest BCUT2D eigenvalue weighted by Gasteiger charge is -2.37. The lowest BCUT2D eigenvalue weighted by atomic mass is 10.1. The highest BCUT2D eigenvalue weighted by Gasteiger charge is 2.32. The van der Waals surface area contributed by atoms with Crippen molar-refractivity contribution >= 4 is 21.6 Å². The summed E-state index contributed by atoms with van der Waals surface area (Å²) in [7, 11) is -2.34. The van der Waals surface area contributed by atoms with E-state index in [-0.39, 0.29) is 23.8 Å². The number of hydrogen-bond donors (Lipinski definition) is 2. The van der Waals surface area contributed by atoms with Crippen molar-refractivity contribution in [3.8, 4) is 5.75 Å². The van der Waals surface area contributed by atoms with Gasteiger partial charge in [-0.1, -0.05) is 30.4 Å². The molecule has 0 aliphatic carbocycles. The van der Waals surface area contributed by atoms with Gasteiger partial charge in [-0.2, -0.15) is 0 Å². The molecule has 188 valence electrons. The molecule has 2 heterocycles. The van der Waals surface area contributed by atoms with Crippen LogP contribution in [-0.2, 0) is 19.6 Å². The van der Waals surface area contributed by atoms with E-state index in [2.05, 4.69) is 21.8 Å². The topological polar surface area (TPSA) is 108 Å². The average molecular weight is 502 g/mol. The van der Waals surface area contributed by atoms with Crippen LogP contribution >= 0.6 is 0 Å². The van der Waals surface area contributed by atoms with Crippen molar-refractivity contribution in [2.75, 3.05) is 44.8 Å². The summed E-state index contributed by atoms with van der Waals surface area (Å²) in [5, 5.41) is 9.82. The quantitative estimate of drug-likeness (QED) is 0.527. The fraction of sp³-hybridized carbons (Fsp3) is 0.400. The van der Waals surface area contributed by atoms with Gasteiger partial charge in [-0.3, -0.25) is 4.79 Å². The molecule has 0 radical (unpaired) electrons. The number of hydrogen-bond acceptors (Lipinski definition) is 7. The Morgan fingerprint density at radius 3 is 2.37 bits per heavy atom. The van der Waals surface area contributed by atoms with E-state index in [0.717, 1.165) is 18.8 Å². The molecule has 2 aliphatic heterocycles. The van der Waals surface area contributed by atoms with Gasteiger partial charge in [0.2, 0.25) is 15.9 Å². The number of piperazine rings is 1. The lowest BCUT2D eigenvalue weighted by Crippen LogP contribution is -2.51. The van der Waals surface area contributed by atoms with E-state index >= 15 is 0 Å². The van der Waals surface area contributed by atoms with E-state index in [1.807, 2.05) is 23.1 Å². The molecule has 2 aromatic carbocycles. The van der Waals surface area contributed by atoms with Gasteiger partial charge in [0.1, 0.15) is 11.9 Å². The number of para-hydroxylation sites is 1. The summed E-state index contributed by atoms with van der Waals surface area (Å²) < 4.78 is 39.0.